The largest absolute Gasteiger partial charge is 0.294 e. The molecule has 5 rings (SSSR count). The van der Waals surface area contributed by atoms with E-state index < -0.39 is 17.8 Å². The molecule has 0 aliphatic rings. The molecule has 0 aromatic heterocycles. The Morgan fingerprint density at radius 3 is 0.897 bits per heavy atom. The second-order valence-corrected chi connectivity index (χ2v) is 9.49. The lowest BCUT2D eigenvalue weighted by molar-refractivity contribution is 0.0749. The van der Waals surface area contributed by atoms with Crippen molar-refractivity contribution in [3.63, 3.8) is 0 Å². The first-order chi connectivity index (χ1) is 19.1. The first-order valence-electron chi connectivity index (χ1n) is 13.0. The molecule has 2 atom stereocenters. The van der Waals surface area contributed by atoms with Crippen LogP contribution in [0.5, 0.6) is 0 Å². The summed E-state index contributed by atoms with van der Waals surface area (Å²) in [5.41, 5.74) is 2.85. The van der Waals surface area contributed by atoms with E-state index in [1.807, 2.05) is 103 Å². The molecular weight excluding hydrogens is 480 g/mol. The van der Waals surface area contributed by atoms with Gasteiger partial charge in [0, 0.05) is 16.7 Å². The molecule has 5 aromatic carbocycles. The van der Waals surface area contributed by atoms with Crippen LogP contribution in [0, 0.1) is 5.92 Å². The van der Waals surface area contributed by atoms with E-state index in [9.17, 15) is 14.4 Å². The van der Waals surface area contributed by atoms with Crippen LogP contribution in [0.15, 0.2) is 152 Å². The van der Waals surface area contributed by atoms with Crippen molar-refractivity contribution in [2.75, 3.05) is 0 Å². The molecule has 0 radical (unpaired) electrons. The monoisotopic (exact) mass is 508 g/mol. The molecule has 0 spiro atoms. The van der Waals surface area contributed by atoms with Crippen LogP contribution < -0.4 is 0 Å². The summed E-state index contributed by atoms with van der Waals surface area (Å²) in [6, 6.07) is 45.6. The van der Waals surface area contributed by atoms with E-state index in [-0.39, 0.29) is 17.3 Å². The van der Waals surface area contributed by atoms with Gasteiger partial charge in [-0.15, -0.1) is 0 Å². The number of hydrogen-bond donors (Lipinski definition) is 0. The Balaban J connectivity index is 1.77. The molecular formula is C36H28O3. The van der Waals surface area contributed by atoms with Crippen LogP contribution in [-0.4, -0.2) is 17.3 Å². The van der Waals surface area contributed by atoms with Crippen molar-refractivity contribution in [2.24, 2.45) is 5.92 Å². The molecule has 190 valence electrons. The molecule has 0 saturated carbocycles. The van der Waals surface area contributed by atoms with Gasteiger partial charge in [0.05, 0.1) is 17.8 Å². The summed E-state index contributed by atoms with van der Waals surface area (Å²) in [7, 11) is 0. The fourth-order valence-electron chi connectivity index (χ4n) is 5.22. The summed E-state index contributed by atoms with van der Waals surface area (Å²) in [6.45, 7) is 0. The van der Waals surface area contributed by atoms with Crippen molar-refractivity contribution < 1.29 is 14.4 Å². The van der Waals surface area contributed by atoms with Gasteiger partial charge in [0.1, 0.15) is 0 Å². The van der Waals surface area contributed by atoms with Crippen LogP contribution in [0.3, 0.4) is 0 Å². The van der Waals surface area contributed by atoms with Crippen molar-refractivity contribution in [3.8, 4) is 0 Å². The Morgan fingerprint density at radius 2 is 0.590 bits per heavy atom. The highest BCUT2D eigenvalue weighted by molar-refractivity contribution is 6.12. The van der Waals surface area contributed by atoms with Crippen LogP contribution in [0.25, 0.3) is 0 Å². The zero-order chi connectivity index (χ0) is 27.0. The van der Waals surface area contributed by atoms with Crippen LogP contribution in [0.2, 0.25) is 0 Å². The molecule has 0 bridgehead atoms. The maximum absolute atomic E-state index is 14.5. The van der Waals surface area contributed by atoms with Gasteiger partial charge in [-0.1, -0.05) is 152 Å². The molecule has 0 aliphatic heterocycles. The number of hydrogen-bond acceptors (Lipinski definition) is 3. The molecule has 0 N–H and O–H groups in total. The molecule has 3 heteroatoms. The van der Waals surface area contributed by atoms with Gasteiger partial charge in [0.25, 0.3) is 0 Å². The Morgan fingerprint density at radius 1 is 0.333 bits per heavy atom. The van der Waals surface area contributed by atoms with Gasteiger partial charge in [-0.25, -0.2) is 0 Å². The highest BCUT2D eigenvalue weighted by Crippen LogP contribution is 2.42. The Labute approximate surface area is 228 Å². The number of benzene rings is 5. The van der Waals surface area contributed by atoms with E-state index in [1.54, 1.807) is 48.5 Å². The van der Waals surface area contributed by atoms with Gasteiger partial charge in [-0.2, -0.15) is 0 Å². The standard InChI is InChI=1S/C36H28O3/c37-34(28-20-10-3-11-21-28)31(26-16-6-1-7-17-26)33(36(39)30-24-14-5-15-25-30)32(27-18-8-2-9-19-27)35(38)29-22-12-4-13-23-29/h1-25,31-33H/t31-,32-/m0/s1. The number of ketones is 3. The van der Waals surface area contributed by atoms with E-state index >= 15 is 0 Å². The van der Waals surface area contributed by atoms with E-state index in [1.165, 1.54) is 0 Å². The average Bonchev–Trinajstić information content (AvgIpc) is 3.02. The number of carbonyl (C=O) groups excluding carboxylic acids is 3. The molecule has 0 fully saturated rings. The van der Waals surface area contributed by atoms with E-state index in [0.29, 0.717) is 27.8 Å². The third-order valence-corrected chi connectivity index (χ3v) is 7.08. The van der Waals surface area contributed by atoms with E-state index in [4.69, 9.17) is 0 Å². The molecule has 0 saturated heterocycles. The van der Waals surface area contributed by atoms with Crippen LogP contribution in [0.1, 0.15) is 54.0 Å². The minimum Gasteiger partial charge on any atom is -0.294 e. The third-order valence-electron chi connectivity index (χ3n) is 7.08. The fraction of sp³-hybridized carbons (Fsp3) is 0.0833. The van der Waals surface area contributed by atoms with Crippen molar-refractivity contribution in [3.05, 3.63) is 179 Å². The second kappa shape index (κ2) is 12.1. The van der Waals surface area contributed by atoms with Gasteiger partial charge in [0.2, 0.25) is 0 Å². The Hall–Kier alpha value is -4.89. The Kier molecular flexibility index (Phi) is 7.99. The van der Waals surface area contributed by atoms with Crippen LogP contribution >= 0.6 is 0 Å². The molecule has 0 unspecified atom stereocenters. The quantitative estimate of drug-likeness (QED) is 0.181. The summed E-state index contributed by atoms with van der Waals surface area (Å²) in [5.74, 6) is -3.40. The number of carbonyl (C=O) groups is 3. The smallest absolute Gasteiger partial charge is 0.171 e. The van der Waals surface area contributed by atoms with Gasteiger partial charge < -0.3 is 0 Å². The molecule has 0 heterocycles. The third kappa shape index (κ3) is 5.68. The van der Waals surface area contributed by atoms with Gasteiger partial charge in [-0.05, 0) is 11.1 Å². The highest BCUT2D eigenvalue weighted by Gasteiger charge is 2.44. The first-order valence-corrected chi connectivity index (χ1v) is 13.0. The fourth-order valence-corrected chi connectivity index (χ4v) is 5.22. The molecule has 39 heavy (non-hydrogen) atoms. The van der Waals surface area contributed by atoms with Gasteiger partial charge >= 0.3 is 0 Å². The average molecular weight is 509 g/mol. The maximum atomic E-state index is 14.5. The summed E-state index contributed by atoms with van der Waals surface area (Å²) < 4.78 is 0. The van der Waals surface area contributed by atoms with Crippen molar-refractivity contribution in [2.45, 2.75) is 11.8 Å². The number of Topliss-reactive ketones (excluding diaryl/α,β-unsaturated/α-hetero) is 3. The highest BCUT2D eigenvalue weighted by atomic mass is 16.1. The molecule has 3 nitrogen and oxygen atoms in total. The second-order valence-electron chi connectivity index (χ2n) is 9.49. The first kappa shape index (κ1) is 25.7. The van der Waals surface area contributed by atoms with Gasteiger partial charge in [-0.3, -0.25) is 14.4 Å². The lowest BCUT2D eigenvalue weighted by atomic mass is 9.67. The maximum Gasteiger partial charge on any atom is 0.171 e. The minimum atomic E-state index is -0.988. The Bertz CT molecular complexity index is 1440. The molecule has 0 amide bonds. The topological polar surface area (TPSA) is 51.2 Å². The zero-order valence-electron chi connectivity index (χ0n) is 21.4. The SMILES string of the molecule is O=C(c1ccccc1)C([C@@H](C(=O)c1ccccc1)c1ccccc1)[C@@H](C(=O)c1ccccc1)c1ccccc1. The van der Waals surface area contributed by atoms with Gasteiger partial charge in [0.15, 0.2) is 17.3 Å². The van der Waals surface area contributed by atoms with Crippen molar-refractivity contribution >= 4 is 17.3 Å². The predicted octanol–water partition coefficient (Wildman–Crippen LogP) is 7.82. The zero-order valence-corrected chi connectivity index (χ0v) is 21.4. The van der Waals surface area contributed by atoms with E-state index in [2.05, 4.69) is 0 Å². The predicted molar refractivity (Wildman–Crippen MR) is 154 cm³/mol. The number of rotatable bonds is 10. The van der Waals surface area contributed by atoms with Crippen molar-refractivity contribution in [1.29, 1.82) is 0 Å². The summed E-state index contributed by atoms with van der Waals surface area (Å²) in [4.78, 5) is 43.2. The summed E-state index contributed by atoms with van der Waals surface area (Å²) >= 11 is 0. The molecule has 5 aromatic rings. The summed E-state index contributed by atoms with van der Waals surface area (Å²) in [6.07, 6.45) is 0. The minimum absolute atomic E-state index is 0.196. The lowest BCUT2D eigenvalue weighted by Crippen LogP contribution is -2.37. The van der Waals surface area contributed by atoms with Crippen molar-refractivity contribution in [1.82, 2.24) is 0 Å². The van der Waals surface area contributed by atoms with Crippen LogP contribution in [-0.2, 0) is 0 Å². The lowest BCUT2D eigenvalue weighted by Gasteiger charge is -2.32. The summed E-state index contributed by atoms with van der Waals surface area (Å²) in [5, 5.41) is 0. The molecule has 0 aliphatic carbocycles. The normalized spacial score (nSPS) is 12.4. The van der Waals surface area contributed by atoms with E-state index in [0.717, 1.165) is 0 Å². The van der Waals surface area contributed by atoms with Crippen LogP contribution in [0.4, 0.5) is 0 Å².